The van der Waals surface area contributed by atoms with Crippen LogP contribution in [0.25, 0.3) is 0 Å². The summed E-state index contributed by atoms with van der Waals surface area (Å²) in [5.74, 6) is 0. The van der Waals surface area contributed by atoms with Gasteiger partial charge in [-0.15, -0.1) is 0 Å². The summed E-state index contributed by atoms with van der Waals surface area (Å²) in [6.07, 6.45) is 0. The van der Waals surface area contributed by atoms with Gasteiger partial charge in [0.2, 0.25) is 0 Å². The lowest BCUT2D eigenvalue weighted by molar-refractivity contribution is 0.462. The molecule has 0 unspecified atom stereocenters. The summed E-state index contributed by atoms with van der Waals surface area (Å²) in [4.78, 5) is -0.139. The second-order valence-electron chi connectivity index (χ2n) is 6.70. The third-order valence-corrected chi connectivity index (χ3v) is 3.74. The van der Waals surface area contributed by atoms with E-state index in [1.54, 1.807) is 0 Å². The van der Waals surface area contributed by atoms with E-state index in [0.29, 0.717) is 0 Å². The molecule has 0 aliphatic carbocycles. The van der Waals surface area contributed by atoms with Gasteiger partial charge in [0.05, 0.1) is 4.90 Å². The Morgan fingerprint density at radius 1 is 0.833 bits per heavy atom. The van der Waals surface area contributed by atoms with Crippen molar-refractivity contribution in [3.63, 3.8) is 0 Å². The maximum Gasteiger partial charge on any atom is 0.124 e. The van der Waals surface area contributed by atoms with E-state index in [4.69, 9.17) is 0 Å². The molecule has 0 spiro atoms. The highest BCUT2D eigenvalue weighted by atomic mass is 32.2. The van der Waals surface area contributed by atoms with Crippen molar-refractivity contribution in [2.24, 2.45) is 0 Å². The summed E-state index contributed by atoms with van der Waals surface area (Å²) in [6, 6.07) is 4.95. The Kier molecular flexibility index (Phi) is 3.67. The van der Waals surface area contributed by atoms with Crippen LogP contribution in [0, 0.1) is 0 Å². The van der Waals surface area contributed by atoms with Crippen LogP contribution >= 0.6 is 0 Å². The highest BCUT2D eigenvalue weighted by Gasteiger charge is 2.21. The van der Waals surface area contributed by atoms with Gasteiger partial charge in [-0.05, 0) is 34.1 Å². The van der Waals surface area contributed by atoms with E-state index in [0.717, 1.165) is 11.1 Å². The average molecular weight is 269 g/mol. The summed E-state index contributed by atoms with van der Waals surface area (Å²) in [5, 5.41) is 0. The van der Waals surface area contributed by atoms with Crippen LogP contribution in [-0.2, 0) is 20.9 Å². The number of benzene rings is 1. The zero-order valence-corrected chi connectivity index (χ0v) is 12.7. The number of rotatable bonds is 1. The zero-order valence-electron chi connectivity index (χ0n) is 11.9. The molecule has 0 radical (unpaired) electrons. The molecule has 0 aliphatic heterocycles. The molecule has 1 aromatic rings. The molecule has 0 amide bonds. The van der Waals surface area contributed by atoms with Crippen molar-refractivity contribution in [2.45, 2.75) is 57.3 Å². The van der Waals surface area contributed by atoms with Gasteiger partial charge >= 0.3 is 0 Å². The van der Waals surface area contributed by atoms with Crippen molar-refractivity contribution >= 4 is 10.1 Å². The van der Waals surface area contributed by atoms with Gasteiger partial charge in [-0.3, -0.25) is 0 Å². The molecule has 0 fully saturated rings. The Bertz CT molecular complexity index is 511. The SMILES string of the molecule is CC(C)(C)c1cc(C(C)(C)C)cc(S(=O)(=O)[O-])c1. The molecule has 0 aliphatic rings. The van der Waals surface area contributed by atoms with Gasteiger partial charge in [0.15, 0.2) is 0 Å². The largest absolute Gasteiger partial charge is 0.744 e. The van der Waals surface area contributed by atoms with Gasteiger partial charge < -0.3 is 4.55 Å². The van der Waals surface area contributed by atoms with Gasteiger partial charge in [-0.2, -0.15) is 0 Å². The summed E-state index contributed by atoms with van der Waals surface area (Å²) in [6.45, 7) is 12.0. The van der Waals surface area contributed by atoms with Crippen molar-refractivity contribution in [2.75, 3.05) is 0 Å². The molecular formula is C14H21O3S-. The first kappa shape index (κ1) is 15.2. The van der Waals surface area contributed by atoms with Crippen LogP contribution in [0.3, 0.4) is 0 Å². The first-order valence-corrected chi connectivity index (χ1v) is 7.34. The average Bonchev–Trinajstić information content (AvgIpc) is 2.13. The molecule has 4 heteroatoms. The molecule has 102 valence electrons. The van der Waals surface area contributed by atoms with E-state index < -0.39 is 10.1 Å². The third kappa shape index (κ3) is 3.56. The lowest BCUT2D eigenvalue weighted by atomic mass is 9.81. The van der Waals surface area contributed by atoms with Crippen LogP contribution in [0.1, 0.15) is 52.7 Å². The minimum atomic E-state index is -4.42. The Morgan fingerprint density at radius 2 is 1.17 bits per heavy atom. The van der Waals surface area contributed by atoms with E-state index in [1.807, 2.05) is 47.6 Å². The lowest BCUT2D eigenvalue weighted by Gasteiger charge is -2.26. The topological polar surface area (TPSA) is 57.2 Å². The molecule has 0 heterocycles. The second-order valence-corrected chi connectivity index (χ2v) is 8.08. The van der Waals surface area contributed by atoms with Gasteiger partial charge in [0.25, 0.3) is 0 Å². The summed E-state index contributed by atoms with van der Waals surface area (Å²) < 4.78 is 33.7. The molecule has 0 aromatic heterocycles. The normalized spacial score (nSPS) is 13.7. The predicted molar refractivity (Wildman–Crippen MR) is 71.8 cm³/mol. The van der Waals surface area contributed by atoms with Crippen LogP contribution in [0.4, 0.5) is 0 Å². The van der Waals surface area contributed by atoms with Crippen molar-refractivity contribution in [1.82, 2.24) is 0 Å². The van der Waals surface area contributed by atoms with Gasteiger partial charge in [-0.1, -0.05) is 47.6 Å². The molecule has 1 aromatic carbocycles. The fourth-order valence-electron chi connectivity index (χ4n) is 1.61. The molecule has 3 nitrogen and oxygen atoms in total. The fourth-order valence-corrected chi connectivity index (χ4v) is 2.15. The fraction of sp³-hybridized carbons (Fsp3) is 0.571. The van der Waals surface area contributed by atoms with Crippen LogP contribution in [-0.4, -0.2) is 13.0 Å². The Labute approximate surface area is 110 Å². The molecule has 18 heavy (non-hydrogen) atoms. The molecule has 0 bridgehead atoms. The van der Waals surface area contributed by atoms with Crippen LogP contribution in [0.2, 0.25) is 0 Å². The molecule has 0 saturated heterocycles. The highest BCUT2D eigenvalue weighted by molar-refractivity contribution is 7.85. The summed E-state index contributed by atoms with van der Waals surface area (Å²) in [5.41, 5.74) is 1.34. The van der Waals surface area contributed by atoms with Gasteiger partial charge in [0, 0.05) is 0 Å². The summed E-state index contributed by atoms with van der Waals surface area (Å²) in [7, 11) is -4.42. The van der Waals surface area contributed by atoms with Crippen molar-refractivity contribution < 1.29 is 13.0 Å². The first-order valence-electron chi connectivity index (χ1n) is 5.94. The Balaban J connectivity index is 3.60. The van der Waals surface area contributed by atoms with Crippen molar-refractivity contribution in [3.8, 4) is 0 Å². The number of hydrogen-bond acceptors (Lipinski definition) is 3. The van der Waals surface area contributed by atoms with Gasteiger partial charge in [0.1, 0.15) is 10.1 Å². The van der Waals surface area contributed by atoms with E-state index in [2.05, 4.69) is 0 Å². The van der Waals surface area contributed by atoms with E-state index in [9.17, 15) is 13.0 Å². The molecule has 0 atom stereocenters. The van der Waals surface area contributed by atoms with Crippen LogP contribution in [0.5, 0.6) is 0 Å². The minimum Gasteiger partial charge on any atom is -0.744 e. The van der Waals surface area contributed by atoms with Crippen LogP contribution < -0.4 is 0 Å². The molecular weight excluding hydrogens is 248 g/mol. The first-order chi connectivity index (χ1) is 7.82. The van der Waals surface area contributed by atoms with E-state index in [1.165, 1.54) is 12.1 Å². The van der Waals surface area contributed by atoms with Crippen molar-refractivity contribution in [3.05, 3.63) is 29.3 Å². The van der Waals surface area contributed by atoms with E-state index in [-0.39, 0.29) is 15.7 Å². The molecule has 0 N–H and O–H groups in total. The highest BCUT2D eigenvalue weighted by Crippen LogP contribution is 2.31. The smallest absolute Gasteiger partial charge is 0.124 e. The Morgan fingerprint density at radius 3 is 1.39 bits per heavy atom. The Hall–Kier alpha value is -0.870. The summed E-state index contributed by atoms with van der Waals surface area (Å²) >= 11 is 0. The quantitative estimate of drug-likeness (QED) is 0.736. The van der Waals surface area contributed by atoms with Crippen LogP contribution in [0.15, 0.2) is 23.1 Å². The van der Waals surface area contributed by atoms with Crippen molar-refractivity contribution in [1.29, 1.82) is 0 Å². The minimum absolute atomic E-state index is 0.139. The van der Waals surface area contributed by atoms with E-state index >= 15 is 0 Å². The van der Waals surface area contributed by atoms with Gasteiger partial charge in [-0.25, -0.2) is 8.42 Å². The zero-order chi connectivity index (χ0) is 14.4. The lowest BCUT2D eigenvalue weighted by Crippen LogP contribution is -2.18. The third-order valence-electron chi connectivity index (χ3n) is 2.93. The number of hydrogen-bond donors (Lipinski definition) is 0. The predicted octanol–water partition coefficient (Wildman–Crippen LogP) is 3.19. The maximum absolute atomic E-state index is 11.2. The molecule has 0 saturated carbocycles. The second kappa shape index (κ2) is 4.35. The molecule has 1 rings (SSSR count). The maximum atomic E-state index is 11.2. The standard InChI is InChI=1S/C14H22O3S/c1-13(2,3)10-7-11(14(4,5)6)9-12(8-10)18(15,16)17/h7-9H,1-6H3,(H,15,16,17)/p-1. The monoisotopic (exact) mass is 269 g/mol.